The van der Waals surface area contributed by atoms with Crippen LogP contribution in [0.3, 0.4) is 0 Å². The summed E-state index contributed by atoms with van der Waals surface area (Å²) in [4.78, 5) is 20.8. The maximum atomic E-state index is 11.0. The van der Waals surface area contributed by atoms with Gasteiger partial charge >= 0.3 is 5.97 Å². The number of aliphatic carboxylic acids is 1. The van der Waals surface area contributed by atoms with E-state index in [0.717, 1.165) is 11.8 Å². The van der Waals surface area contributed by atoms with Crippen LogP contribution in [0, 0.1) is 0 Å². The zero-order valence-electron chi connectivity index (χ0n) is 11.8. The highest BCUT2D eigenvalue weighted by Gasteiger charge is 2.21. The Morgan fingerprint density at radius 2 is 1.68 bits per heavy atom. The third-order valence-electron chi connectivity index (χ3n) is 2.24. The van der Waals surface area contributed by atoms with Crippen LogP contribution in [-0.2, 0) is 26.0 Å². The Bertz CT molecular complexity index is 571. The second kappa shape index (κ2) is 10.6. The molecule has 0 heterocycles. The summed E-state index contributed by atoms with van der Waals surface area (Å²) in [6.07, 6.45) is 1.07. The molecule has 0 spiro atoms. The Hall–Kier alpha value is -1.15. The van der Waals surface area contributed by atoms with Crippen molar-refractivity contribution in [3.8, 4) is 0 Å². The summed E-state index contributed by atoms with van der Waals surface area (Å²) in [7, 11) is -3.52. The molecule has 0 radical (unpaired) electrons. The van der Waals surface area contributed by atoms with Crippen LogP contribution in [-0.4, -0.2) is 49.3 Å². The lowest BCUT2D eigenvalue weighted by Crippen LogP contribution is -2.41. The third kappa shape index (κ3) is 10.6. The lowest BCUT2D eigenvalue weighted by molar-refractivity contribution is -0.138. The number of rotatable bonds is 7. The van der Waals surface area contributed by atoms with E-state index in [0.29, 0.717) is 0 Å². The lowest BCUT2D eigenvalue weighted by atomic mass is 10.1. The Kier molecular flexibility index (Phi) is 10.0. The quantitative estimate of drug-likeness (QED) is 0.704. The monoisotopic (exact) mass is 369 g/mol. The van der Waals surface area contributed by atoms with Gasteiger partial charge in [0, 0.05) is 0 Å². The van der Waals surface area contributed by atoms with Crippen molar-refractivity contribution >= 4 is 45.0 Å². The predicted octanol–water partition coefficient (Wildman–Crippen LogP) is 1.26. The molecular formula is C13H17Cl2NO5S. The number of Topliss-reactive ketones (excluding diaryl/α,β-unsaturated/α-hetero) is 1. The van der Waals surface area contributed by atoms with Crippen molar-refractivity contribution in [2.45, 2.75) is 12.5 Å². The van der Waals surface area contributed by atoms with Gasteiger partial charge in [0.2, 0.25) is 10.0 Å². The first kappa shape index (κ1) is 20.9. The fourth-order valence-electron chi connectivity index (χ4n) is 1.32. The third-order valence-corrected chi connectivity index (χ3v) is 3.54. The molecule has 22 heavy (non-hydrogen) atoms. The lowest BCUT2D eigenvalue weighted by Gasteiger charge is -2.12. The van der Waals surface area contributed by atoms with Crippen molar-refractivity contribution in [3.63, 3.8) is 0 Å². The standard InChI is InChI=1S/C10H13NO4S.C3H4Cl2O/c1-16(14,15)11-9(10(12)13)7-8-5-3-2-4-6-8;4-1-3(6)2-5/h2-6,9,11H,7H2,1H3,(H,12,13);1-2H2/t9-;/m0./s1. The van der Waals surface area contributed by atoms with Crippen molar-refractivity contribution < 1.29 is 23.1 Å². The van der Waals surface area contributed by atoms with Gasteiger partial charge in [-0.05, 0) is 12.0 Å². The molecule has 0 aliphatic heterocycles. The van der Waals surface area contributed by atoms with E-state index in [4.69, 9.17) is 28.3 Å². The number of ketones is 1. The molecule has 0 aromatic heterocycles. The van der Waals surface area contributed by atoms with Gasteiger partial charge in [0.1, 0.15) is 6.04 Å². The summed E-state index contributed by atoms with van der Waals surface area (Å²) in [6, 6.07) is 7.73. The molecule has 2 N–H and O–H groups in total. The second-order valence-electron chi connectivity index (χ2n) is 4.28. The first-order valence-corrected chi connectivity index (χ1v) is 9.03. The molecule has 0 fully saturated rings. The molecule has 6 nitrogen and oxygen atoms in total. The van der Waals surface area contributed by atoms with Gasteiger partial charge in [-0.2, -0.15) is 0 Å². The van der Waals surface area contributed by atoms with Crippen molar-refractivity contribution in [3.05, 3.63) is 35.9 Å². The Morgan fingerprint density at radius 3 is 2.00 bits per heavy atom. The van der Waals surface area contributed by atoms with Crippen LogP contribution < -0.4 is 4.72 Å². The zero-order chi connectivity index (χ0) is 17.2. The molecule has 1 atom stereocenters. The average molecular weight is 370 g/mol. The average Bonchev–Trinajstić information content (AvgIpc) is 2.46. The largest absolute Gasteiger partial charge is 0.480 e. The maximum Gasteiger partial charge on any atom is 0.322 e. The van der Waals surface area contributed by atoms with Gasteiger partial charge in [0.15, 0.2) is 5.78 Å². The topological polar surface area (TPSA) is 101 Å². The minimum atomic E-state index is -3.52. The second-order valence-corrected chi connectivity index (χ2v) is 6.59. The molecule has 0 saturated heterocycles. The fourth-order valence-corrected chi connectivity index (χ4v) is 2.31. The van der Waals surface area contributed by atoms with Crippen LogP contribution in [0.5, 0.6) is 0 Å². The van der Waals surface area contributed by atoms with Crippen LogP contribution in [0.15, 0.2) is 30.3 Å². The molecule has 124 valence electrons. The van der Waals surface area contributed by atoms with Crippen molar-refractivity contribution in [2.24, 2.45) is 0 Å². The first-order chi connectivity index (χ1) is 10.2. The predicted molar refractivity (Wildman–Crippen MR) is 86.0 cm³/mol. The molecule has 0 unspecified atom stereocenters. The molecule has 0 saturated carbocycles. The van der Waals surface area contributed by atoms with Gasteiger partial charge in [0.05, 0.1) is 18.0 Å². The molecule has 0 aliphatic rings. The summed E-state index contributed by atoms with van der Waals surface area (Å²) < 4.78 is 24.0. The number of nitrogens with one attached hydrogen (secondary N) is 1. The summed E-state index contributed by atoms with van der Waals surface area (Å²) in [6.45, 7) is 0. The SMILES string of the molecule is CS(=O)(=O)N[C@@H](Cc1ccccc1)C(=O)O.O=C(CCl)CCl. The number of carbonyl (C=O) groups is 2. The van der Waals surface area contributed by atoms with Crippen LogP contribution in [0.25, 0.3) is 0 Å². The Labute approximate surface area is 139 Å². The van der Waals surface area contributed by atoms with Gasteiger partial charge < -0.3 is 5.11 Å². The highest BCUT2D eigenvalue weighted by Crippen LogP contribution is 2.04. The van der Waals surface area contributed by atoms with Crippen LogP contribution >= 0.6 is 23.2 Å². The van der Waals surface area contributed by atoms with E-state index >= 15 is 0 Å². The minimum absolute atomic E-state index is 0.0312. The number of carboxylic acids is 1. The van der Waals surface area contributed by atoms with E-state index in [1.165, 1.54) is 0 Å². The number of hydrogen-bond acceptors (Lipinski definition) is 4. The molecular weight excluding hydrogens is 353 g/mol. The molecule has 1 aromatic carbocycles. The van der Waals surface area contributed by atoms with Crippen molar-refractivity contribution in [1.82, 2.24) is 4.72 Å². The molecule has 0 aliphatic carbocycles. The normalized spacial score (nSPS) is 12.0. The van der Waals surface area contributed by atoms with Crippen LogP contribution in [0.2, 0.25) is 0 Å². The van der Waals surface area contributed by atoms with Gasteiger partial charge in [-0.3, -0.25) is 9.59 Å². The Morgan fingerprint density at radius 1 is 1.18 bits per heavy atom. The summed E-state index contributed by atoms with van der Waals surface area (Å²) >= 11 is 10.0. The van der Waals surface area contributed by atoms with Gasteiger partial charge in [-0.1, -0.05) is 30.3 Å². The molecule has 0 bridgehead atoms. The molecule has 0 amide bonds. The summed E-state index contributed by atoms with van der Waals surface area (Å²) in [5.41, 5.74) is 0.769. The maximum absolute atomic E-state index is 11.0. The summed E-state index contributed by atoms with van der Waals surface area (Å²) in [5.74, 6) is -1.25. The number of halogens is 2. The number of carboxylic acid groups (broad SMARTS) is 1. The van der Waals surface area contributed by atoms with E-state index in [9.17, 15) is 18.0 Å². The van der Waals surface area contributed by atoms with Gasteiger partial charge in [-0.15, -0.1) is 23.2 Å². The minimum Gasteiger partial charge on any atom is -0.480 e. The molecule has 1 rings (SSSR count). The van der Waals surface area contributed by atoms with E-state index in [1.807, 2.05) is 6.07 Å². The van der Waals surface area contributed by atoms with E-state index in [2.05, 4.69) is 4.72 Å². The highest BCUT2D eigenvalue weighted by molar-refractivity contribution is 7.88. The first-order valence-electron chi connectivity index (χ1n) is 6.07. The zero-order valence-corrected chi connectivity index (χ0v) is 14.2. The molecule has 1 aromatic rings. The van der Waals surface area contributed by atoms with Gasteiger partial charge in [0.25, 0.3) is 0 Å². The van der Waals surface area contributed by atoms with E-state index in [-0.39, 0.29) is 24.0 Å². The number of carbonyl (C=O) groups excluding carboxylic acids is 1. The van der Waals surface area contributed by atoms with E-state index in [1.54, 1.807) is 24.3 Å². The van der Waals surface area contributed by atoms with Crippen LogP contribution in [0.1, 0.15) is 5.56 Å². The summed E-state index contributed by atoms with van der Waals surface area (Å²) in [5, 5.41) is 8.87. The van der Waals surface area contributed by atoms with Crippen molar-refractivity contribution in [1.29, 1.82) is 0 Å². The van der Waals surface area contributed by atoms with E-state index < -0.39 is 22.0 Å². The van der Waals surface area contributed by atoms with Crippen molar-refractivity contribution in [2.75, 3.05) is 18.0 Å². The van der Waals surface area contributed by atoms with Crippen LogP contribution in [0.4, 0.5) is 0 Å². The Balaban J connectivity index is 0.000000626. The highest BCUT2D eigenvalue weighted by atomic mass is 35.5. The smallest absolute Gasteiger partial charge is 0.322 e. The number of hydrogen-bond donors (Lipinski definition) is 2. The van der Waals surface area contributed by atoms with Gasteiger partial charge in [-0.25, -0.2) is 13.1 Å². The fraction of sp³-hybridized carbons (Fsp3) is 0.385. The number of benzene rings is 1. The number of sulfonamides is 1. The number of alkyl halides is 2. The molecule has 9 heteroatoms.